The molecule has 0 spiro atoms. The second-order valence-electron chi connectivity index (χ2n) is 8.22. The first kappa shape index (κ1) is 21.7. The highest BCUT2D eigenvalue weighted by atomic mass is 16.5. The van der Waals surface area contributed by atoms with Gasteiger partial charge in [0.25, 0.3) is 5.91 Å². The SMILES string of the molecule is COc1cccc(C(CNC(=O)c2ccc(OCC3CCCO3)cc2)N2CCCC2)c1. The van der Waals surface area contributed by atoms with E-state index in [0.717, 1.165) is 44.0 Å². The number of nitrogens with zero attached hydrogens (tertiary/aromatic N) is 1. The van der Waals surface area contributed by atoms with Crippen molar-refractivity contribution in [3.63, 3.8) is 0 Å². The van der Waals surface area contributed by atoms with Gasteiger partial charge in [-0.3, -0.25) is 9.69 Å². The molecular weight excluding hydrogens is 392 g/mol. The van der Waals surface area contributed by atoms with Gasteiger partial charge in [0.1, 0.15) is 18.1 Å². The van der Waals surface area contributed by atoms with Crippen LogP contribution in [0.15, 0.2) is 48.5 Å². The van der Waals surface area contributed by atoms with Crippen molar-refractivity contribution in [1.29, 1.82) is 0 Å². The summed E-state index contributed by atoms with van der Waals surface area (Å²) in [6, 6.07) is 15.6. The van der Waals surface area contributed by atoms with Crippen LogP contribution in [0.1, 0.15) is 47.6 Å². The number of rotatable bonds is 9. The Morgan fingerprint density at radius 1 is 1.13 bits per heavy atom. The first-order valence-corrected chi connectivity index (χ1v) is 11.2. The van der Waals surface area contributed by atoms with E-state index in [4.69, 9.17) is 14.2 Å². The maximum absolute atomic E-state index is 12.8. The number of methoxy groups -OCH3 is 1. The minimum absolute atomic E-state index is 0.0715. The van der Waals surface area contributed by atoms with Gasteiger partial charge in [-0.25, -0.2) is 0 Å². The van der Waals surface area contributed by atoms with Gasteiger partial charge >= 0.3 is 0 Å². The Labute approximate surface area is 184 Å². The Kier molecular flexibility index (Phi) is 7.43. The Balaban J connectivity index is 1.35. The maximum atomic E-state index is 12.8. The smallest absolute Gasteiger partial charge is 0.251 e. The Hall–Kier alpha value is -2.57. The number of carbonyl (C=O) groups excluding carboxylic acids is 1. The van der Waals surface area contributed by atoms with Crippen molar-refractivity contribution in [2.24, 2.45) is 0 Å². The molecule has 2 heterocycles. The highest BCUT2D eigenvalue weighted by Gasteiger charge is 2.24. The van der Waals surface area contributed by atoms with E-state index in [0.29, 0.717) is 18.7 Å². The van der Waals surface area contributed by atoms with E-state index >= 15 is 0 Å². The lowest BCUT2D eigenvalue weighted by atomic mass is 10.0. The Morgan fingerprint density at radius 3 is 2.65 bits per heavy atom. The lowest BCUT2D eigenvalue weighted by Crippen LogP contribution is -2.36. The molecule has 2 aliphatic rings. The molecule has 1 amide bonds. The predicted molar refractivity (Wildman–Crippen MR) is 120 cm³/mol. The lowest BCUT2D eigenvalue weighted by Gasteiger charge is -2.28. The van der Waals surface area contributed by atoms with Crippen molar-refractivity contribution >= 4 is 5.91 Å². The quantitative estimate of drug-likeness (QED) is 0.663. The molecule has 2 aliphatic heterocycles. The summed E-state index contributed by atoms with van der Waals surface area (Å²) in [7, 11) is 1.68. The monoisotopic (exact) mass is 424 g/mol. The third kappa shape index (κ3) is 5.77. The lowest BCUT2D eigenvalue weighted by molar-refractivity contribution is 0.0679. The number of hydrogen-bond acceptors (Lipinski definition) is 5. The van der Waals surface area contributed by atoms with Crippen molar-refractivity contribution in [2.75, 3.05) is 40.0 Å². The zero-order valence-corrected chi connectivity index (χ0v) is 18.2. The van der Waals surface area contributed by atoms with Crippen LogP contribution in [0.2, 0.25) is 0 Å². The summed E-state index contributed by atoms with van der Waals surface area (Å²) < 4.78 is 16.8. The first-order valence-electron chi connectivity index (χ1n) is 11.2. The Bertz CT molecular complexity index is 843. The number of hydrogen-bond donors (Lipinski definition) is 1. The third-order valence-electron chi connectivity index (χ3n) is 6.09. The number of benzene rings is 2. The van der Waals surface area contributed by atoms with Crippen LogP contribution in [-0.4, -0.2) is 56.9 Å². The molecule has 6 nitrogen and oxygen atoms in total. The molecule has 4 rings (SSSR count). The van der Waals surface area contributed by atoms with E-state index in [1.165, 1.54) is 18.4 Å². The molecule has 166 valence electrons. The van der Waals surface area contributed by atoms with Gasteiger partial charge in [0, 0.05) is 18.7 Å². The fourth-order valence-corrected chi connectivity index (χ4v) is 4.32. The average Bonchev–Trinajstić information content (AvgIpc) is 3.53. The van der Waals surface area contributed by atoms with Crippen LogP contribution in [-0.2, 0) is 4.74 Å². The van der Waals surface area contributed by atoms with E-state index < -0.39 is 0 Å². The van der Waals surface area contributed by atoms with Crippen LogP contribution in [0.5, 0.6) is 11.5 Å². The summed E-state index contributed by atoms with van der Waals surface area (Å²) >= 11 is 0. The molecule has 0 radical (unpaired) electrons. The average molecular weight is 425 g/mol. The molecule has 2 atom stereocenters. The molecule has 2 aromatic carbocycles. The van der Waals surface area contributed by atoms with Gasteiger partial charge in [-0.2, -0.15) is 0 Å². The van der Waals surface area contributed by atoms with Gasteiger partial charge in [0.2, 0.25) is 0 Å². The normalized spacial score (nSPS) is 19.8. The molecule has 1 N–H and O–H groups in total. The summed E-state index contributed by atoms with van der Waals surface area (Å²) in [5.41, 5.74) is 1.80. The molecule has 0 aliphatic carbocycles. The van der Waals surface area contributed by atoms with Gasteiger partial charge in [-0.15, -0.1) is 0 Å². The molecule has 6 heteroatoms. The van der Waals surface area contributed by atoms with E-state index in [1.54, 1.807) is 7.11 Å². The summed E-state index contributed by atoms with van der Waals surface area (Å²) in [4.78, 5) is 15.2. The minimum atomic E-state index is -0.0715. The largest absolute Gasteiger partial charge is 0.497 e. The van der Waals surface area contributed by atoms with E-state index in [1.807, 2.05) is 36.4 Å². The number of likely N-dealkylation sites (tertiary alicyclic amines) is 1. The highest BCUT2D eigenvalue weighted by molar-refractivity contribution is 5.94. The van der Waals surface area contributed by atoms with Gasteiger partial charge in [0.05, 0.1) is 19.3 Å². The van der Waals surface area contributed by atoms with E-state index in [9.17, 15) is 4.79 Å². The van der Waals surface area contributed by atoms with Crippen LogP contribution >= 0.6 is 0 Å². The van der Waals surface area contributed by atoms with Crippen LogP contribution in [0, 0.1) is 0 Å². The van der Waals surface area contributed by atoms with Gasteiger partial charge in [-0.1, -0.05) is 12.1 Å². The number of carbonyl (C=O) groups is 1. The highest BCUT2D eigenvalue weighted by Crippen LogP contribution is 2.27. The van der Waals surface area contributed by atoms with Crippen molar-refractivity contribution < 1.29 is 19.0 Å². The predicted octanol–water partition coefficient (Wildman–Crippen LogP) is 3.82. The van der Waals surface area contributed by atoms with Crippen LogP contribution in [0.4, 0.5) is 0 Å². The molecule has 0 bridgehead atoms. The zero-order valence-electron chi connectivity index (χ0n) is 18.2. The third-order valence-corrected chi connectivity index (χ3v) is 6.09. The van der Waals surface area contributed by atoms with Gasteiger partial charge < -0.3 is 19.5 Å². The fourth-order valence-electron chi connectivity index (χ4n) is 4.32. The molecule has 2 saturated heterocycles. The summed E-state index contributed by atoms with van der Waals surface area (Å²) in [5, 5.41) is 3.13. The topological polar surface area (TPSA) is 60.0 Å². The number of amides is 1. The number of ether oxygens (including phenoxy) is 3. The van der Waals surface area contributed by atoms with Crippen molar-refractivity contribution in [3.8, 4) is 11.5 Å². The standard InChI is InChI=1S/C25H32N2O4/c1-29-22-7-4-6-20(16-22)24(27-13-2-3-14-27)17-26-25(28)19-9-11-21(12-10-19)31-18-23-8-5-15-30-23/h4,6-7,9-12,16,23-24H,2-3,5,8,13-15,17-18H2,1H3,(H,26,28). The van der Waals surface area contributed by atoms with E-state index in [2.05, 4.69) is 22.3 Å². The molecule has 0 saturated carbocycles. The first-order chi connectivity index (χ1) is 15.2. The van der Waals surface area contributed by atoms with Gasteiger partial charge in [0.15, 0.2) is 0 Å². The van der Waals surface area contributed by atoms with Crippen LogP contribution in [0.25, 0.3) is 0 Å². The molecule has 2 fully saturated rings. The second-order valence-corrected chi connectivity index (χ2v) is 8.22. The number of nitrogens with one attached hydrogen (secondary N) is 1. The van der Waals surface area contributed by atoms with Crippen molar-refractivity contribution in [3.05, 3.63) is 59.7 Å². The molecular formula is C25H32N2O4. The zero-order chi connectivity index (χ0) is 21.5. The molecule has 0 aromatic heterocycles. The second kappa shape index (κ2) is 10.6. The summed E-state index contributed by atoms with van der Waals surface area (Å²) in [5.74, 6) is 1.53. The fraction of sp³-hybridized carbons (Fsp3) is 0.480. The van der Waals surface area contributed by atoms with E-state index in [-0.39, 0.29) is 18.1 Å². The molecule has 31 heavy (non-hydrogen) atoms. The maximum Gasteiger partial charge on any atom is 0.251 e. The van der Waals surface area contributed by atoms with Crippen molar-refractivity contribution in [1.82, 2.24) is 10.2 Å². The van der Waals surface area contributed by atoms with Crippen LogP contribution in [0.3, 0.4) is 0 Å². The molecule has 2 aromatic rings. The molecule has 2 unspecified atom stereocenters. The van der Waals surface area contributed by atoms with Gasteiger partial charge in [-0.05, 0) is 80.7 Å². The van der Waals surface area contributed by atoms with Crippen molar-refractivity contribution in [2.45, 2.75) is 37.8 Å². The summed E-state index contributed by atoms with van der Waals surface area (Å²) in [6.07, 6.45) is 4.72. The minimum Gasteiger partial charge on any atom is -0.497 e. The Morgan fingerprint density at radius 2 is 1.94 bits per heavy atom. The van der Waals surface area contributed by atoms with Crippen LogP contribution < -0.4 is 14.8 Å². The summed E-state index contributed by atoms with van der Waals surface area (Å²) in [6.45, 7) is 4.04.